The molecule has 0 aromatic heterocycles. The molecule has 3 nitrogen and oxygen atoms in total. The molecule has 1 aromatic rings. The Bertz CT molecular complexity index is 319. The SMILES string of the molecule is NC[C@@H](N)c1cc(Cl)c(F)cc1O. The topological polar surface area (TPSA) is 72.3 Å². The summed E-state index contributed by atoms with van der Waals surface area (Å²) < 4.78 is 12.8. The summed E-state index contributed by atoms with van der Waals surface area (Å²) in [6, 6.07) is 1.68. The molecule has 0 heterocycles. The van der Waals surface area contributed by atoms with Crippen LogP contribution in [0.1, 0.15) is 11.6 Å². The number of hydrogen-bond donors (Lipinski definition) is 3. The van der Waals surface area contributed by atoms with Crippen LogP contribution in [0.15, 0.2) is 12.1 Å². The standard InChI is InChI=1S/C8H10ClFN2O/c9-5-1-4(7(12)3-11)8(13)2-6(5)10/h1-2,7,13H,3,11-12H2/t7-/m1/s1. The van der Waals surface area contributed by atoms with Gasteiger partial charge in [-0.1, -0.05) is 11.6 Å². The van der Waals surface area contributed by atoms with Gasteiger partial charge >= 0.3 is 0 Å². The first-order chi connectivity index (χ1) is 6.06. The van der Waals surface area contributed by atoms with Gasteiger partial charge in [0.25, 0.3) is 0 Å². The highest BCUT2D eigenvalue weighted by molar-refractivity contribution is 6.30. The molecule has 0 aliphatic heterocycles. The molecule has 0 radical (unpaired) electrons. The summed E-state index contributed by atoms with van der Waals surface area (Å²) in [5, 5.41) is 9.21. The highest BCUT2D eigenvalue weighted by atomic mass is 35.5. The molecular weight excluding hydrogens is 195 g/mol. The Labute approximate surface area is 80.1 Å². The minimum atomic E-state index is -0.674. The number of phenolic OH excluding ortho intramolecular Hbond substituents is 1. The lowest BCUT2D eigenvalue weighted by Gasteiger charge is -2.11. The average Bonchev–Trinajstić information content (AvgIpc) is 2.10. The number of hydrogen-bond acceptors (Lipinski definition) is 3. The van der Waals surface area contributed by atoms with Crippen LogP contribution in [0.25, 0.3) is 0 Å². The normalized spacial score (nSPS) is 12.9. The van der Waals surface area contributed by atoms with E-state index in [0.29, 0.717) is 5.56 Å². The molecule has 0 fully saturated rings. The second kappa shape index (κ2) is 3.91. The molecule has 13 heavy (non-hydrogen) atoms. The van der Waals surface area contributed by atoms with Gasteiger partial charge in [-0.3, -0.25) is 0 Å². The Morgan fingerprint density at radius 2 is 2.15 bits per heavy atom. The van der Waals surface area contributed by atoms with E-state index >= 15 is 0 Å². The molecule has 5 N–H and O–H groups in total. The van der Waals surface area contributed by atoms with Gasteiger partial charge in [0.05, 0.1) is 5.02 Å². The number of phenols is 1. The highest BCUT2D eigenvalue weighted by Gasteiger charge is 2.12. The minimum absolute atomic E-state index is 0.0725. The van der Waals surface area contributed by atoms with Gasteiger partial charge in [-0.25, -0.2) is 4.39 Å². The maximum atomic E-state index is 12.8. The summed E-state index contributed by atoms with van der Waals surface area (Å²) in [5.41, 5.74) is 11.2. The van der Waals surface area contributed by atoms with Crippen molar-refractivity contribution in [2.75, 3.05) is 6.54 Å². The first-order valence-electron chi connectivity index (χ1n) is 3.69. The van der Waals surface area contributed by atoms with Crippen LogP contribution in [0.4, 0.5) is 4.39 Å². The molecule has 0 amide bonds. The second-order valence-corrected chi connectivity index (χ2v) is 3.07. The van der Waals surface area contributed by atoms with E-state index in [2.05, 4.69) is 0 Å². The van der Waals surface area contributed by atoms with E-state index in [1.807, 2.05) is 0 Å². The molecular formula is C8H10ClFN2O. The summed E-state index contributed by atoms with van der Waals surface area (Å²) in [6.07, 6.45) is 0. The molecule has 0 saturated heterocycles. The number of rotatable bonds is 2. The van der Waals surface area contributed by atoms with Crippen LogP contribution in [0.5, 0.6) is 5.75 Å². The third-order valence-corrected chi connectivity index (χ3v) is 2.01. The van der Waals surface area contributed by atoms with Crippen molar-refractivity contribution in [3.63, 3.8) is 0 Å². The first kappa shape index (κ1) is 10.2. The number of nitrogens with two attached hydrogens (primary N) is 2. The molecule has 0 saturated carbocycles. The van der Waals surface area contributed by atoms with Crippen LogP contribution < -0.4 is 11.5 Å². The Balaban J connectivity index is 3.15. The van der Waals surface area contributed by atoms with Crippen molar-refractivity contribution in [2.45, 2.75) is 6.04 Å². The Morgan fingerprint density at radius 1 is 1.54 bits per heavy atom. The maximum Gasteiger partial charge on any atom is 0.145 e. The molecule has 0 spiro atoms. The van der Waals surface area contributed by atoms with Crippen molar-refractivity contribution in [2.24, 2.45) is 11.5 Å². The van der Waals surface area contributed by atoms with Crippen LogP contribution in [0.3, 0.4) is 0 Å². The number of aromatic hydroxyl groups is 1. The van der Waals surface area contributed by atoms with Crippen molar-refractivity contribution in [3.05, 3.63) is 28.5 Å². The van der Waals surface area contributed by atoms with E-state index in [0.717, 1.165) is 6.07 Å². The van der Waals surface area contributed by atoms with Crippen LogP contribution in [-0.2, 0) is 0 Å². The Morgan fingerprint density at radius 3 is 2.69 bits per heavy atom. The maximum absolute atomic E-state index is 12.8. The van der Waals surface area contributed by atoms with Gasteiger partial charge in [-0.15, -0.1) is 0 Å². The summed E-state index contributed by atoms with van der Waals surface area (Å²) in [4.78, 5) is 0. The predicted molar refractivity (Wildman–Crippen MR) is 49.1 cm³/mol. The van der Waals surface area contributed by atoms with Gasteiger partial charge in [0.1, 0.15) is 11.6 Å². The van der Waals surface area contributed by atoms with E-state index in [4.69, 9.17) is 23.1 Å². The summed E-state index contributed by atoms with van der Waals surface area (Å²) >= 11 is 5.50. The fourth-order valence-electron chi connectivity index (χ4n) is 0.976. The molecule has 1 rings (SSSR count). The molecule has 0 bridgehead atoms. The monoisotopic (exact) mass is 204 g/mol. The quantitative estimate of drug-likeness (QED) is 0.677. The van der Waals surface area contributed by atoms with Crippen molar-refractivity contribution in [1.82, 2.24) is 0 Å². The summed E-state index contributed by atoms with van der Waals surface area (Å²) in [5.74, 6) is -0.896. The second-order valence-electron chi connectivity index (χ2n) is 2.67. The number of halogens is 2. The van der Waals surface area contributed by atoms with Gasteiger partial charge in [0.2, 0.25) is 0 Å². The fourth-order valence-corrected chi connectivity index (χ4v) is 1.15. The van der Waals surface area contributed by atoms with Crippen molar-refractivity contribution in [3.8, 4) is 5.75 Å². The van der Waals surface area contributed by atoms with Crippen molar-refractivity contribution in [1.29, 1.82) is 0 Å². The molecule has 1 aromatic carbocycles. The van der Waals surface area contributed by atoms with E-state index in [1.165, 1.54) is 6.07 Å². The third kappa shape index (κ3) is 2.09. The first-order valence-corrected chi connectivity index (χ1v) is 4.07. The Hall–Kier alpha value is -0.840. The lowest BCUT2D eigenvalue weighted by atomic mass is 10.1. The number of benzene rings is 1. The van der Waals surface area contributed by atoms with Gasteiger partial charge in [-0.2, -0.15) is 0 Å². The van der Waals surface area contributed by atoms with E-state index in [9.17, 15) is 9.50 Å². The molecule has 0 aliphatic rings. The smallest absolute Gasteiger partial charge is 0.145 e. The lowest BCUT2D eigenvalue weighted by Crippen LogP contribution is -2.20. The third-order valence-electron chi connectivity index (χ3n) is 1.72. The fraction of sp³-hybridized carbons (Fsp3) is 0.250. The van der Waals surface area contributed by atoms with Gasteiger partial charge in [-0.05, 0) is 6.07 Å². The molecule has 72 valence electrons. The minimum Gasteiger partial charge on any atom is -0.507 e. The van der Waals surface area contributed by atoms with Crippen LogP contribution in [-0.4, -0.2) is 11.7 Å². The zero-order valence-electron chi connectivity index (χ0n) is 6.80. The van der Waals surface area contributed by atoms with E-state index < -0.39 is 11.9 Å². The molecule has 5 heteroatoms. The largest absolute Gasteiger partial charge is 0.507 e. The van der Waals surface area contributed by atoms with Gasteiger partial charge in [0.15, 0.2) is 0 Å². The van der Waals surface area contributed by atoms with Crippen molar-refractivity contribution < 1.29 is 9.50 Å². The lowest BCUT2D eigenvalue weighted by molar-refractivity contribution is 0.456. The van der Waals surface area contributed by atoms with Crippen LogP contribution in [0, 0.1) is 5.82 Å². The summed E-state index contributed by atoms with van der Waals surface area (Å²) in [7, 11) is 0. The molecule has 1 atom stereocenters. The average molecular weight is 205 g/mol. The predicted octanol–water partition coefficient (Wildman–Crippen LogP) is 1.14. The Kier molecular flexibility index (Phi) is 3.08. The zero-order chi connectivity index (χ0) is 10.0. The summed E-state index contributed by atoms with van der Waals surface area (Å²) in [6.45, 7) is 0.162. The van der Waals surface area contributed by atoms with Gasteiger partial charge < -0.3 is 16.6 Å². The highest BCUT2D eigenvalue weighted by Crippen LogP contribution is 2.28. The molecule has 0 unspecified atom stereocenters. The van der Waals surface area contributed by atoms with E-state index in [-0.39, 0.29) is 17.3 Å². The van der Waals surface area contributed by atoms with Crippen LogP contribution in [0.2, 0.25) is 5.02 Å². The van der Waals surface area contributed by atoms with Crippen molar-refractivity contribution >= 4 is 11.6 Å². The molecule has 0 aliphatic carbocycles. The van der Waals surface area contributed by atoms with E-state index in [1.54, 1.807) is 0 Å². The van der Waals surface area contributed by atoms with Gasteiger partial charge in [0, 0.05) is 24.2 Å². The zero-order valence-corrected chi connectivity index (χ0v) is 7.55. The van der Waals surface area contributed by atoms with Crippen LogP contribution >= 0.6 is 11.6 Å².